The summed E-state index contributed by atoms with van der Waals surface area (Å²) < 4.78 is 13.0. The number of pyridine rings is 2. The lowest BCUT2D eigenvalue weighted by atomic mass is 10.1. The summed E-state index contributed by atoms with van der Waals surface area (Å²) in [4.78, 5) is 26.0. The molecule has 0 bridgehead atoms. The van der Waals surface area contributed by atoms with Gasteiger partial charge in [0.2, 0.25) is 5.88 Å². The zero-order valence-corrected chi connectivity index (χ0v) is 20.3. The van der Waals surface area contributed by atoms with Crippen LogP contribution in [-0.4, -0.2) is 90.4 Å². The van der Waals surface area contributed by atoms with Crippen LogP contribution in [0.25, 0.3) is 22.2 Å². The highest BCUT2D eigenvalue weighted by molar-refractivity contribution is 5.93. The molecule has 1 saturated heterocycles. The molecule has 4 rings (SSSR count). The predicted octanol–water partition coefficient (Wildman–Crippen LogP) is 2.41. The molecule has 0 aliphatic carbocycles. The van der Waals surface area contributed by atoms with E-state index in [-0.39, 0.29) is 6.03 Å². The first-order valence-corrected chi connectivity index (χ1v) is 11.6. The van der Waals surface area contributed by atoms with Crippen molar-refractivity contribution in [2.75, 3.05) is 65.3 Å². The molecule has 182 valence electrons. The minimum absolute atomic E-state index is 0.259. The van der Waals surface area contributed by atoms with Gasteiger partial charge in [0, 0.05) is 57.9 Å². The number of likely N-dealkylation sites (N-methyl/N-ethyl adjacent to an activating group) is 1. The highest BCUT2D eigenvalue weighted by Crippen LogP contribution is 2.39. The molecule has 10 nitrogen and oxygen atoms in total. The summed E-state index contributed by atoms with van der Waals surface area (Å²) in [5.41, 5.74) is 2.56. The van der Waals surface area contributed by atoms with Crippen molar-refractivity contribution in [1.82, 2.24) is 29.7 Å². The Morgan fingerprint density at radius 1 is 1.09 bits per heavy atom. The van der Waals surface area contributed by atoms with E-state index < -0.39 is 0 Å². The number of carbonyl (C=O) groups is 1. The molecule has 1 fully saturated rings. The van der Waals surface area contributed by atoms with Crippen molar-refractivity contribution in [3.8, 4) is 22.9 Å². The minimum atomic E-state index is -0.259. The third-order valence-corrected chi connectivity index (χ3v) is 6.34. The topological polar surface area (TPSA) is 96.8 Å². The van der Waals surface area contributed by atoms with Gasteiger partial charge in [0.1, 0.15) is 17.1 Å². The van der Waals surface area contributed by atoms with Crippen LogP contribution in [0.5, 0.6) is 11.6 Å². The van der Waals surface area contributed by atoms with Crippen molar-refractivity contribution in [3.05, 3.63) is 30.6 Å². The molecule has 4 heterocycles. The van der Waals surface area contributed by atoms with Crippen LogP contribution in [0, 0.1) is 0 Å². The van der Waals surface area contributed by atoms with Gasteiger partial charge in [0.25, 0.3) is 0 Å². The van der Waals surface area contributed by atoms with E-state index in [0.29, 0.717) is 24.0 Å². The van der Waals surface area contributed by atoms with Crippen LogP contribution in [0.3, 0.4) is 0 Å². The molecule has 1 aliphatic rings. The van der Waals surface area contributed by atoms with Gasteiger partial charge in [-0.05, 0) is 24.7 Å². The zero-order valence-electron chi connectivity index (χ0n) is 20.3. The van der Waals surface area contributed by atoms with Crippen molar-refractivity contribution in [2.45, 2.75) is 6.92 Å². The van der Waals surface area contributed by atoms with Gasteiger partial charge in [0.15, 0.2) is 0 Å². The standard InChI is InChI=1S/C24H33N7O3/c1-5-30-10-12-31(13-11-30)9-8-26-24(32)28-21-15-17-14-18(29(2)19(17)16-27-21)22-20(33-3)6-7-25-23(22)34-4/h6-7,14-16H,5,8-13H2,1-4H3,(H2,26,27,28,32). The molecule has 0 unspecified atom stereocenters. The Bertz CT molecular complexity index is 1120. The predicted molar refractivity (Wildman–Crippen MR) is 133 cm³/mol. The van der Waals surface area contributed by atoms with Crippen LogP contribution in [0.1, 0.15) is 6.92 Å². The fraction of sp³-hybridized carbons (Fsp3) is 0.458. The van der Waals surface area contributed by atoms with Crippen LogP contribution in [0.15, 0.2) is 30.6 Å². The second-order valence-corrected chi connectivity index (χ2v) is 8.27. The van der Waals surface area contributed by atoms with E-state index in [1.807, 2.05) is 23.7 Å². The van der Waals surface area contributed by atoms with E-state index in [1.165, 1.54) is 0 Å². The Hall–Kier alpha value is -3.37. The number of aryl methyl sites for hydroxylation is 1. The van der Waals surface area contributed by atoms with Gasteiger partial charge in [-0.3, -0.25) is 10.2 Å². The Labute approximate surface area is 199 Å². The van der Waals surface area contributed by atoms with Gasteiger partial charge < -0.3 is 24.3 Å². The van der Waals surface area contributed by atoms with Crippen molar-refractivity contribution >= 4 is 22.8 Å². The first-order chi connectivity index (χ1) is 16.5. The maximum atomic E-state index is 12.4. The minimum Gasteiger partial charge on any atom is -0.496 e. The van der Waals surface area contributed by atoms with Crippen LogP contribution >= 0.6 is 0 Å². The van der Waals surface area contributed by atoms with Crippen LogP contribution < -0.4 is 20.1 Å². The summed E-state index contributed by atoms with van der Waals surface area (Å²) in [6.45, 7) is 8.97. The number of anilines is 1. The number of hydrogen-bond acceptors (Lipinski definition) is 7. The molecule has 2 N–H and O–H groups in total. The largest absolute Gasteiger partial charge is 0.496 e. The Morgan fingerprint density at radius 3 is 2.56 bits per heavy atom. The van der Waals surface area contributed by atoms with Gasteiger partial charge >= 0.3 is 6.03 Å². The lowest BCUT2D eigenvalue weighted by Gasteiger charge is -2.33. The summed E-state index contributed by atoms with van der Waals surface area (Å²) in [7, 11) is 5.15. The number of aromatic nitrogens is 3. The van der Waals surface area contributed by atoms with Crippen LogP contribution in [0.2, 0.25) is 0 Å². The average Bonchev–Trinajstić information content (AvgIpc) is 3.18. The Morgan fingerprint density at radius 2 is 1.85 bits per heavy atom. The third kappa shape index (κ3) is 5.07. The van der Waals surface area contributed by atoms with E-state index in [9.17, 15) is 4.79 Å². The number of urea groups is 1. The van der Waals surface area contributed by atoms with Crippen LogP contribution in [-0.2, 0) is 7.05 Å². The molecular weight excluding hydrogens is 434 g/mol. The average molecular weight is 468 g/mol. The molecule has 0 aromatic carbocycles. The molecule has 3 aromatic heterocycles. The number of nitrogens with one attached hydrogen (secondary N) is 2. The first-order valence-electron chi connectivity index (χ1n) is 11.6. The van der Waals surface area contributed by atoms with E-state index in [4.69, 9.17) is 9.47 Å². The SMILES string of the molecule is CCN1CCN(CCNC(=O)Nc2cc3cc(-c4c(OC)ccnc4OC)n(C)c3cn2)CC1. The maximum absolute atomic E-state index is 12.4. The third-order valence-electron chi connectivity index (χ3n) is 6.34. The highest BCUT2D eigenvalue weighted by Gasteiger charge is 2.19. The molecule has 10 heteroatoms. The Balaban J connectivity index is 1.42. The van der Waals surface area contributed by atoms with Crippen molar-refractivity contribution in [3.63, 3.8) is 0 Å². The lowest BCUT2D eigenvalue weighted by molar-refractivity contribution is 0.138. The summed E-state index contributed by atoms with van der Waals surface area (Å²) >= 11 is 0. The second-order valence-electron chi connectivity index (χ2n) is 8.27. The normalized spacial score (nSPS) is 14.8. The number of amides is 2. The van der Waals surface area contributed by atoms with Gasteiger partial charge in [-0.1, -0.05) is 6.92 Å². The smallest absolute Gasteiger partial charge is 0.320 e. The molecule has 0 saturated carbocycles. The summed E-state index contributed by atoms with van der Waals surface area (Å²) in [6, 6.07) is 5.41. The molecule has 34 heavy (non-hydrogen) atoms. The Kier molecular flexibility index (Phi) is 7.49. The van der Waals surface area contributed by atoms with Crippen molar-refractivity contribution < 1.29 is 14.3 Å². The maximum Gasteiger partial charge on any atom is 0.320 e. The fourth-order valence-corrected chi connectivity index (χ4v) is 4.35. The summed E-state index contributed by atoms with van der Waals surface area (Å²) in [5.74, 6) is 1.63. The van der Waals surface area contributed by atoms with Crippen LogP contribution in [0.4, 0.5) is 10.6 Å². The summed E-state index contributed by atoms with van der Waals surface area (Å²) in [6.07, 6.45) is 3.40. The molecule has 0 atom stereocenters. The van der Waals surface area contributed by atoms with Crippen molar-refractivity contribution in [1.29, 1.82) is 0 Å². The quantitative estimate of drug-likeness (QED) is 0.525. The molecule has 1 aliphatic heterocycles. The molecule has 2 amide bonds. The molecule has 0 radical (unpaired) electrons. The number of ether oxygens (including phenoxy) is 2. The summed E-state index contributed by atoms with van der Waals surface area (Å²) in [5, 5.41) is 6.71. The molecular formula is C24H33N7O3. The fourth-order valence-electron chi connectivity index (χ4n) is 4.35. The van der Waals surface area contributed by atoms with E-state index in [2.05, 4.69) is 37.3 Å². The van der Waals surface area contributed by atoms with E-state index >= 15 is 0 Å². The number of piperazine rings is 1. The molecule has 3 aromatic rings. The van der Waals surface area contributed by atoms with Gasteiger partial charge in [-0.15, -0.1) is 0 Å². The molecule has 0 spiro atoms. The first kappa shape index (κ1) is 23.8. The lowest BCUT2D eigenvalue weighted by Crippen LogP contribution is -2.48. The number of fused-ring (bicyclic) bond motifs is 1. The number of methoxy groups -OCH3 is 2. The monoisotopic (exact) mass is 467 g/mol. The zero-order chi connectivity index (χ0) is 24.1. The van der Waals surface area contributed by atoms with Gasteiger partial charge in [-0.25, -0.2) is 14.8 Å². The number of hydrogen-bond donors (Lipinski definition) is 2. The highest BCUT2D eigenvalue weighted by atomic mass is 16.5. The van der Waals surface area contributed by atoms with E-state index in [1.54, 1.807) is 32.7 Å². The second kappa shape index (κ2) is 10.7. The van der Waals surface area contributed by atoms with Gasteiger partial charge in [0.05, 0.1) is 31.6 Å². The van der Waals surface area contributed by atoms with Crippen molar-refractivity contribution in [2.24, 2.45) is 7.05 Å². The number of carbonyl (C=O) groups excluding carboxylic acids is 1. The van der Waals surface area contributed by atoms with E-state index in [0.717, 1.165) is 61.4 Å². The number of nitrogens with zero attached hydrogens (tertiary/aromatic N) is 5. The van der Waals surface area contributed by atoms with Gasteiger partial charge in [-0.2, -0.15) is 0 Å². The number of rotatable bonds is 8.